The zero-order valence-electron chi connectivity index (χ0n) is 10.4. The molecule has 0 unspecified atom stereocenters. The van der Waals surface area contributed by atoms with Gasteiger partial charge in [0.2, 0.25) is 5.91 Å². The smallest absolute Gasteiger partial charge is 0.255 e. The Labute approximate surface area is 106 Å². The number of amides is 2. The molecule has 1 aliphatic heterocycles. The van der Waals surface area contributed by atoms with Crippen LogP contribution in [0.2, 0.25) is 0 Å². The van der Waals surface area contributed by atoms with E-state index in [1.165, 1.54) is 0 Å². The van der Waals surface area contributed by atoms with Gasteiger partial charge in [0.05, 0.1) is 11.5 Å². The summed E-state index contributed by atoms with van der Waals surface area (Å²) in [4.78, 5) is 29.1. The summed E-state index contributed by atoms with van der Waals surface area (Å²) < 4.78 is 0. The molecule has 0 spiro atoms. The number of carbonyl (C=O) groups is 2. The van der Waals surface area contributed by atoms with Gasteiger partial charge in [0.15, 0.2) is 0 Å². The molecule has 0 aromatic carbocycles. The predicted octanol–water partition coefficient (Wildman–Crippen LogP) is 0.728. The number of carbonyl (C=O) groups excluding carboxylic acids is 2. The predicted molar refractivity (Wildman–Crippen MR) is 66.8 cm³/mol. The molecule has 2 heterocycles. The van der Waals surface area contributed by atoms with Crippen LogP contribution >= 0.6 is 0 Å². The standard InChI is InChI=1S/C13H17N3O2/c1-9-5-11(7-15-6-9)13(18)16-4-2-3-10(8-16)12(14)17/h5-7,10H,2-4,8H2,1H3,(H2,14,17)/t10-/m0/s1. The van der Waals surface area contributed by atoms with Crippen molar-refractivity contribution in [2.24, 2.45) is 11.7 Å². The average Bonchev–Trinajstić information content (AvgIpc) is 2.38. The first-order valence-corrected chi connectivity index (χ1v) is 6.08. The summed E-state index contributed by atoms with van der Waals surface area (Å²) in [6, 6.07) is 1.81. The highest BCUT2D eigenvalue weighted by atomic mass is 16.2. The Morgan fingerprint density at radius 1 is 1.44 bits per heavy atom. The summed E-state index contributed by atoms with van der Waals surface area (Å²) in [6.45, 7) is 2.99. The topological polar surface area (TPSA) is 76.3 Å². The second-order valence-electron chi connectivity index (χ2n) is 4.74. The molecule has 96 valence electrons. The zero-order chi connectivity index (χ0) is 13.1. The molecule has 5 heteroatoms. The SMILES string of the molecule is Cc1cncc(C(=O)N2CCC[C@H](C(N)=O)C2)c1. The third-order valence-electron chi connectivity index (χ3n) is 3.23. The van der Waals surface area contributed by atoms with Crippen LogP contribution in [-0.4, -0.2) is 34.8 Å². The fourth-order valence-corrected chi connectivity index (χ4v) is 2.25. The lowest BCUT2D eigenvalue weighted by molar-refractivity contribution is -0.123. The maximum atomic E-state index is 12.3. The Hall–Kier alpha value is -1.91. The van der Waals surface area contributed by atoms with Crippen molar-refractivity contribution in [2.45, 2.75) is 19.8 Å². The fourth-order valence-electron chi connectivity index (χ4n) is 2.25. The van der Waals surface area contributed by atoms with Gasteiger partial charge in [-0.2, -0.15) is 0 Å². The third kappa shape index (κ3) is 2.67. The van der Waals surface area contributed by atoms with Crippen LogP contribution in [0.25, 0.3) is 0 Å². The summed E-state index contributed by atoms with van der Waals surface area (Å²) in [6.07, 6.45) is 4.85. The maximum absolute atomic E-state index is 12.3. The number of rotatable bonds is 2. The molecule has 1 aromatic heterocycles. The second kappa shape index (κ2) is 5.16. The number of piperidine rings is 1. The van der Waals surface area contributed by atoms with Crippen LogP contribution in [0.15, 0.2) is 18.5 Å². The van der Waals surface area contributed by atoms with Crippen molar-refractivity contribution in [1.29, 1.82) is 0 Å². The normalized spacial score (nSPS) is 19.6. The number of pyridine rings is 1. The summed E-state index contributed by atoms with van der Waals surface area (Å²) >= 11 is 0. The molecule has 0 radical (unpaired) electrons. The van der Waals surface area contributed by atoms with Crippen LogP contribution in [-0.2, 0) is 4.79 Å². The van der Waals surface area contributed by atoms with E-state index in [4.69, 9.17) is 5.73 Å². The van der Waals surface area contributed by atoms with Crippen LogP contribution in [0.4, 0.5) is 0 Å². The molecular weight excluding hydrogens is 230 g/mol. The van der Waals surface area contributed by atoms with Crippen LogP contribution in [0.5, 0.6) is 0 Å². The largest absolute Gasteiger partial charge is 0.369 e. The molecule has 0 saturated carbocycles. The van der Waals surface area contributed by atoms with Crippen molar-refractivity contribution >= 4 is 11.8 Å². The van der Waals surface area contributed by atoms with Gasteiger partial charge in [-0.1, -0.05) is 0 Å². The van der Waals surface area contributed by atoms with Crippen molar-refractivity contribution in [3.05, 3.63) is 29.6 Å². The Balaban J connectivity index is 2.11. The highest BCUT2D eigenvalue weighted by Crippen LogP contribution is 2.18. The molecule has 0 aliphatic carbocycles. The number of hydrogen-bond acceptors (Lipinski definition) is 3. The zero-order valence-corrected chi connectivity index (χ0v) is 10.4. The molecule has 1 fully saturated rings. The van der Waals surface area contributed by atoms with Gasteiger partial charge in [-0.3, -0.25) is 14.6 Å². The lowest BCUT2D eigenvalue weighted by Gasteiger charge is -2.31. The number of aromatic nitrogens is 1. The first-order valence-electron chi connectivity index (χ1n) is 6.08. The van der Waals surface area contributed by atoms with Gasteiger partial charge in [-0.25, -0.2) is 0 Å². The minimum absolute atomic E-state index is 0.0721. The van der Waals surface area contributed by atoms with Gasteiger partial charge in [-0.05, 0) is 31.4 Å². The van der Waals surface area contributed by atoms with E-state index < -0.39 is 0 Å². The molecule has 1 saturated heterocycles. The number of primary amides is 1. The summed E-state index contributed by atoms with van der Waals surface area (Å²) in [5.41, 5.74) is 6.82. The highest BCUT2D eigenvalue weighted by molar-refractivity contribution is 5.94. The van der Waals surface area contributed by atoms with E-state index in [2.05, 4.69) is 4.98 Å². The van der Waals surface area contributed by atoms with Gasteiger partial charge < -0.3 is 10.6 Å². The van der Waals surface area contributed by atoms with E-state index >= 15 is 0 Å². The minimum atomic E-state index is -0.324. The Morgan fingerprint density at radius 2 is 2.22 bits per heavy atom. The van der Waals surface area contributed by atoms with E-state index in [0.29, 0.717) is 18.7 Å². The minimum Gasteiger partial charge on any atom is -0.369 e. The van der Waals surface area contributed by atoms with Crippen molar-refractivity contribution in [3.63, 3.8) is 0 Å². The first kappa shape index (κ1) is 12.5. The lowest BCUT2D eigenvalue weighted by Crippen LogP contribution is -2.44. The Kier molecular flexibility index (Phi) is 3.60. The van der Waals surface area contributed by atoms with Gasteiger partial charge in [0.25, 0.3) is 5.91 Å². The van der Waals surface area contributed by atoms with E-state index in [0.717, 1.165) is 18.4 Å². The molecule has 1 aromatic rings. The van der Waals surface area contributed by atoms with Gasteiger partial charge in [0.1, 0.15) is 0 Å². The van der Waals surface area contributed by atoms with E-state index in [1.54, 1.807) is 17.3 Å². The quantitative estimate of drug-likeness (QED) is 0.837. The number of aryl methyl sites for hydroxylation is 1. The van der Waals surface area contributed by atoms with E-state index in [1.807, 2.05) is 13.0 Å². The molecular formula is C13H17N3O2. The lowest BCUT2D eigenvalue weighted by atomic mass is 9.97. The molecule has 18 heavy (non-hydrogen) atoms. The maximum Gasteiger partial charge on any atom is 0.255 e. The Morgan fingerprint density at radius 3 is 2.89 bits per heavy atom. The molecule has 0 bridgehead atoms. The molecule has 2 N–H and O–H groups in total. The molecule has 2 amide bonds. The number of hydrogen-bond donors (Lipinski definition) is 1. The van der Waals surface area contributed by atoms with E-state index in [-0.39, 0.29) is 17.7 Å². The van der Waals surface area contributed by atoms with Gasteiger partial charge in [0, 0.05) is 25.5 Å². The van der Waals surface area contributed by atoms with Crippen molar-refractivity contribution < 1.29 is 9.59 Å². The number of nitrogens with zero attached hydrogens (tertiary/aromatic N) is 2. The molecule has 2 rings (SSSR count). The van der Waals surface area contributed by atoms with Crippen molar-refractivity contribution in [2.75, 3.05) is 13.1 Å². The van der Waals surface area contributed by atoms with Gasteiger partial charge >= 0.3 is 0 Å². The summed E-state index contributed by atoms with van der Waals surface area (Å²) in [7, 11) is 0. The second-order valence-corrected chi connectivity index (χ2v) is 4.74. The number of nitrogens with two attached hydrogens (primary N) is 1. The van der Waals surface area contributed by atoms with Crippen LogP contribution in [0.3, 0.4) is 0 Å². The average molecular weight is 247 g/mol. The number of likely N-dealkylation sites (tertiary alicyclic amines) is 1. The monoisotopic (exact) mass is 247 g/mol. The molecule has 1 aliphatic rings. The van der Waals surface area contributed by atoms with Crippen LogP contribution in [0, 0.1) is 12.8 Å². The first-order chi connectivity index (χ1) is 8.58. The molecule has 5 nitrogen and oxygen atoms in total. The van der Waals surface area contributed by atoms with Crippen LogP contribution in [0.1, 0.15) is 28.8 Å². The van der Waals surface area contributed by atoms with Crippen LogP contribution < -0.4 is 5.73 Å². The van der Waals surface area contributed by atoms with Gasteiger partial charge in [-0.15, -0.1) is 0 Å². The highest BCUT2D eigenvalue weighted by Gasteiger charge is 2.27. The van der Waals surface area contributed by atoms with Crippen molar-refractivity contribution in [3.8, 4) is 0 Å². The van der Waals surface area contributed by atoms with Crippen molar-refractivity contribution in [1.82, 2.24) is 9.88 Å². The summed E-state index contributed by atoms with van der Waals surface area (Å²) in [5, 5.41) is 0. The molecule has 1 atom stereocenters. The fraction of sp³-hybridized carbons (Fsp3) is 0.462. The summed E-state index contributed by atoms with van der Waals surface area (Å²) in [5.74, 6) is -0.618. The Bertz CT molecular complexity index is 473. The van der Waals surface area contributed by atoms with E-state index in [9.17, 15) is 9.59 Å². The third-order valence-corrected chi connectivity index (χ3v) is 3.23.